The summed E-state index contributed by atoms with van der Waals surface area (Å²) in [7, 11) is 0.0500. The molecule has 0 N–H and O–H groups in total. The van der Waals surface area contributed by atoms with Crippen LogP contribution in [0.2, 0.25) is 18.6 Å². The van der Waals surface area contributed by atoms with E-state index in [1.807, 2.05) is 18.2 Å². The number of benzene rings is 2. The summed E-state index contributed by atoms with van der Waals surface area (Å²) in [4.78, 5) is 0. The molecule has 3 nitrogen and oxygen atoms in total. The standard InChI is InChI=1S/C23H32O3Si/c1-18-21(17-25-15-19-11-7-5-8-12-19)26-22(16-24-2)23(18)27(3,4)20-13-9-6-10-14-20/h5-14,18,21-23H,15-17H2,1-4H3/t18-,21+,22-,23+/m0/s1. The van der Waals surface area contributed by atoms with E-state index in [1.54, 1.807) is 7.11 Å². The van der Waals surface area contributed by atoms with Gasteiger partial charge in [-0.1, -0.05) is 85.9 Å². The van der Waals surface area contributed by atoms with Gasteiger partial charge in [0.05, 0.1) is 40.1 Å². The molecule has 1 aliphatic heterocycles. The molecule has 0 radical (unpaired) electrons. The monoisotopic (exact) mass is 384 g/mol. The summed E-state index contributed by atoms with van der Waals surface area (Å²) in [6.45, 7) is 9.16. The van der Waals surface area contributed by atoms with Crippen LogP contribution in [-0.4, -0.2) is 40.6 Å². The van der Waals surface area contributed by atoms with Crippen LogP contribution in [0.5, 0.6) is 0 Å². The largest absolute Gasteiger partial charge is 0.382 e. The van der Waals surface area contributed by atoms with Gasteiger partial charge in [-0.2, -0.15) is 0 Å². The molecule has 0 saturated carbocycles. The average Bonchev–Trinajstić information content (AvgIpc) is 2.99. The predicted molar refractivity (Wildman–Crippen MR) is 113 cm³/mol. The lowest BCUT2D eigenvalue weighted by molar-refractivity contribution is -0.0481. The molecule has 1 heterocycles. The molecule has 0 aliphatic carbocycles. The molecule has 1 fully saturated rings. The molecule has 0 unspecified atom stereocenters. The Hall–Kier alpha value is -1.46. The third kappa shape index (κ3) is 4.69. The third-order valence-corrected chi connectivity index (χ3v) is 10.4. The Balaban J connectivity index is 1.70. The highest BCUT2D eigenvalue weighted by molar-refractivity contribution is 6.91. The van der Waals surface area contributed by atoms with Crippen molar-refractivity contribution in [2.75, 3.05) is 20.3 Å². The molecule has 1 aliphatic rings. The van der Waals surface area contributed by atoms with Crippen molar-refractivity contribution in [2.45, 2.75) is 44.4 Å². The van der Waals surface area contributed by atoms with E-state index in [0.717, 1.165) is 0 Å². The molecule has 3 rings (SSSR count). The van der Waals surface area contributed by atoms with E-state index < -0.39 is 8.07 Å². The van der Waals surface area contributed by atoms with Crippen LogP contribution in [0, 0.1) is 5.92 Å². The summed E-state index contributed by atoms with van der Waals surface area (Å²) < 4.78 is 18.0. The Morgan fingerprint density at radius 2 is 1.52 bits per heavy atom. The van der Waals surface area contributed by atoms with Crippen molar-refractivity contribution in [1.82, 2.24) is 0 Å². The van der Waals surface area contributed by atoms with Gasteiger partial charge in [-0.05, 0) is 17.0 Å². The molecule has 1 saturated heterocycles. The van der Waals surface area contributed by atoms with Crippen molar-refractivity contribution in [3.8, 4) is 0 Å². The van der Waals surface area contributed by atoms with E-state index in [4.69, 9.17) is 14.2 Å². The fourth-order valence-corrected chi connectivity index (χ4v) is 8.62. The molecule has 2 aromatic rings. The number of hydrogen-bond donors (Lipinski definition) is 0. The fourth-order valence-electron chi connectivity index (χ4n) is 4.55. The number of rotatable bonds is 8. The Morgan fingerprint density at radius 1 is 0.889 bits per heavy atom. The van der Waals surface area contributed by atoms with Gasteiger partial charge in [0.15, 0.2) is 0 Å². The topological polar surface area (TPSA) is 27.7 Å². The van der Waals surface area contributed by atoms with Crippen LogP contribution in [-0.2, 0) is 20.8 Å². The minimum absolute atomic E-state index is 0.120. The number of methoxy groups -OCH3 is 1. The van der Waals surface area contributed by atoms with Crippen molar-refractivity contribution >= 4 is 13.3 Å². The van der Waals surface area contributed by atoms with E-state index in [1.165, 1.54) is 10.8 Å². The van der Waals surface area contributed by atoms with Crippen molar-refractivity contribution < 1.29 is 14.2 Å². The minimum Gasteiger partial charge on any atom is -0.382 e. The highest BCUT2D eigenvalue weighted by atomic mass is 28.3. The van der Waals surface area contributed by atoms with Gasteiger partial charge in [0.25, 0.3) is 0 Å². The zero-order valence-corrected chi connectivity index (χ0v) is 17.9. The van der Waals surface area contributed by atoms with E-state index in [-0.39, 0.29) is 12.2 Å². The van der Waals surface area contributed by atoms with Crippen molar-refractivity contribution in [3.05, 3.63) is 66.2 Å². The lowest BCUT2D eigenvalue weighted by Crippen LogP contribution is -2.51. The zero-order chi connectivity index (χ0) is 19.3. The number of hydrogen-bond acceptors (Lipinski definition) is 3. The van der Waals surface area contributed by atoms with Crippen LogP contribution in [0.4, 0.5) is 0 Å². The molecule has 4 heteroatoms. The quantitative estimate of drug-likeness (QED) is 0.637. The van der Waals surface area contributed by atoms with Gasteiger partial charge in [-0.25, -0.2) is 0 Å². The van der Waals surface area contributed by atoms with Gasteiger partial charge in [-0.3, -0.25) is 0 Å². The Bertz CT molecular complexity index is 689. The molecule has 4 atom stereocenters. The summed E-state index contributed by atoms with van der Waals surface area (Å²) >= 11 is 0. The Labute approximate surface area is 164 Å². The molecular formula is C23H32O3Si. The smallest absolute Gasteiger partial charge is 0.0867 e. The molecule has 0 bridgehead atoms. The average molecular weight is 385 g/mol. The normalized spacial score (nSPS) is 25.6. The molecule has 0 amide bonds. The molecule has 27 heavy (non-hydrogen) atoms. The van der Waals surface area contributed by atoms with Gasteiger partial charge >= 0.3 is 0 Å². The summed E-state index contributed by atoms with van der Waals surface area (Å²) in [6, 6.07) is 21.3. The maximum atomic E-state index is 6.46. The minimum atomic E-state index is -1.72. The maximum Gasteiger partial charge on any atom is 0.0867 e. The van der Waals surface area contributed by atoms with E-state index in [0.29, 0.717) is 31.3 Å². The van der Waals surface area contributed by atoms with Crippen LogP contribution in [0.1, 0.15) is 12.5 Å². The third-order valence-electron chi connectivity index (χ3n) is 5.98. The van der Waals surface area contributed by atoms with Crippen LogP contribution in [0.25, 0.3) is 0 Å². The number of ether oxygens (including phenoxy) is 3. The van der Waals surface area contributed by atoms with Gasteiger partial charge in [0.2, 0.25) is 0 Å². The first-order chi connectivity index (χ1) is 13.0. The van der Waals surface area contributed by atoms with Crippen molar-refractivity contribution in [2.24, 2.45) is 5.92 Å². The van der Waals surface area contributed by atoms with Gasteiger partial charge in [0, 0.05) is 7.11 Å². The second-order valence-corrected chi connectivity index (χ2v) is 12.8. The SMILES string of the molecule is COC[C@@H]1O[C@H](COCc2ccccc2)[C@H](C)[C@H]1[Si](C)(C)c1ccccc1. The van der Waals surface area contributed by atoms with Gasteiger partial charge in [-0.15, -0.1) is 0 Å². The van der Waals surface area contributed by atoms with Crippen molar-refractivity contribution in [3.63, 3.8) is 0 Å². The summed E-state index contributed by atoms with van der Waals surface area (Å²) in [5, 5.41) is 1.48. The first kappa shape index (κ1) is 20.3. The first-order valence-electron chi connectivity index (χ1n) is 9.85. The van der Waals surface area contributed by atoms with Gasteiger partial charge in [0.1, 0.15) is 0 Å². The van der Waals surface area contributed by atoms with Crippen LogP contribution in [0.15, 0.2) is 60.7 Å². The van der Waals surface area contributed by atoms with Crippen LogP contribution in [0.3, 0.4) is 0 Å². The summed E-state index contributed by atoms with van der Waals surface area (Å²) in [5.74, 6) is 0.447. The Kier molecular flexibility index (Phi) is 6.87. The molecule has 2 aromatic carbocycles. The van der Waals surface area contributed by atoms with Gasteiger partial charge < -0.3 is 14.2 Å². The van der Waals surface area contributed by atoms with E-state index in [9.17, 15) is 0 Å². The molecular weight excluding hydrogens is 352 g/mol. The molecule has 0 aromatic heterocycles. The second-order valence-electron chi connectivity index (χ2n) is 8.14. The first-order valence-corrected chi connectivity index (χ1v) is 12.9. The lowest BCUT2D eigenvalue weighted by atomic mass is 10.0. The van der Waals surface area contributed by atoms with E-state index in [2.05, 4.69) is 62.5 Å². The highest BCUT2D eigenvalue weighted by Gasteiger charge is 2.50. The zero-order valence-electron chi connectivity index (χ0n) is 16.9. The second kappa shape index (κ2) is 9.15. The molecule has 146 valence electrons. The maximum absolute atomic E-state index is 6.46. The van der Waals surface area contributed by atoms with E-state index >= 15 is 0 Å². The highest BCUT2D eigenvalue weighted by Crippen LogP contribution is 2.44. The molecule has 0 spiro atoms. The Morgan fingerprint density at radius 3 is 2.15 bits per heavy atom. The summed E-state index contributed by atoms with van der Waals surface area (Å²) in [5.41, 5.74) is 1.71. The fraction of sp³-hybridized carbons (Fsp3) is 0.478. The lowest BCUT2D eigenvalue weighted by Gasteiger charge is -2.35. The predicted octanol–water partition coefficient (Wildman–Crippen LogP) is 4.24. The van der Waals surface area contributed by atoms with Crippen LogP contribution < -0.4 is 5.19 Å². The van der Waals surface area contributed by atoms with Crippen LogP contribution >= 0.6 is 0 Å². The van der Waals surface area contributed by atoms with Crippen molar-refractivity contribution in [1.29, 1.82) is 0 Å². The summed E-state index contributed by atoms with van der Waals surface area (Å²) in [6.07, 6.45) is 0.256.